The number of rotatable bonds is 3. The van der Waals surface area contributed by atoms with Crippen molar-refractivity contribution in [2.24, 2.45) is 5.92 Å². The second kappa shape index (κ2) is 6.05. The highest BCUT2D eigenvalue weighted by Crippen LogP contribution is 2.28. The van der Waals surface area contributed by atoms with E-state index in [0.29, 0.717) is 21.2 Å². The van der Waals surface area contributed by atoms with Gasteiger partial charge < -0.3 is 9.73 Å². The van der Waals surface area contributed by atoms with Crippen LogP contribution >= 0.6 is 31.9 Å². The van der Waals surface area contributed by atoms with E-state index in [-0.39, 0.29) is 5.91 Å². The lowest BCUT2D eigenvalue weighted by Crippen LogP contribution is -2.31. The van der Waals surface area contributed by atoms with Crippen molar-refractivity contribution in [1.29, 1.82) is 0 Å². The summed E-state index contributed by atoms with van der Waals surface area (Å²) >= 11 is 6.81. The van der Waals surface area contributed by atoms with Crippen molar-refractivity contribution in [3.8, 4) is 0 Å². The number of amides is 1. The molecule has 0 radical (unpaired) electrons. The van der Waals surface area contributed by atoms with Gasteiger partial charge >= 0.3 is 0 Å². The normalized spacial score (nSPS) is 24.6. The van der Waals surface area contributed by atoms with Gasteiger partial charge in [-0.2, -0.15) is 0 Å². The summed E-state index contributed by atoms with van der Waals surface area (Å²) in [6.07, 6.45) is 4.76. The predicted molar refractivity (Wildman–Crippen MR) is 73.4 cm³/mol. The van der Waals surface area contributed by atoms with Crippen LogP contribution in [0.2, 0.25) is 0 Å². The Balaban J connectivity index is 1.76. The minimum absolute atomic E-state index is 0.128. The van der Waals surface area contributed by atoms with E-state index >= 15 is 0 Å². The minimum atomic E-state index is -0.128. The van der Waals surface area contributed by atoms with E-state index in [0.717, 1.165) is 6.54 Å². The zero-order valence-electron chi connectivity index (χ0n) is 9.42. The average molecular weight is 365 g/mol. The molecule has 94 valence electrons. The largest absolute Gasteiger partial charge is 0.444 e. The molecule has 0 atom stereocenters. The summed E-state index contributed by atoms with van der Waals surface area (Å²) in [6.45, 7) is 0.747. The smallest absolute Gasteiger partial charge is 0.287 e. The maximum atomic E-state index is 11.7. The molecule has 1 fully saturated rings. The van der Waals surface area contributed by atoms with Crippen molar-refractivity contribution < 1.29 is 9.21 Å². The fourth-order valence-corrected chi connectivity index (χ4v) is 2.92. The Morgan fingerprint density at radius 3 is 2.65 bits per heavy atom. The van der Waals surface area contributed by atoms with Gasteiger partial charge in [0.25, 0.3) is 5.91 Å². The molecule has 0 aromatic carbocycles. The lowest BCUT2D eigenvalue weighted by molar-refractivity contribution is 0.0915. The van der Waals surface area contributed by atoms with Crippen molar-refractivity contribution in [1.82, 2.24) is 5.32 Å². The van der Waals surface area contributed by atoms with Gasteiger partial charge in [0.1, 0.15) is 0 Å². The van der Waals surface area contributed by atoms with Crippen LogP contribution in [0.1, 0.15) is 36.2 Å². The number of furan rings is 1. The first-order valence-corrected chi connectivity index (χ1v) is 7.53. The highest BCUT2D eigenvalue weighted by atomic mass is 79.9. The van der Waals surface area contributed by atoms with Crippen LogP contribution < -0.4 is 5.32 Å². The molecule has 1 heterocycles. The van der Waals surface area contributed by atoms with E-state index in [9.17, 15) is 4.79 Å². The van der Waals surface area contributed by atoms with E-state index in [1.165, 1.54) is 25.7 Å². The molecule has 0 aliphatic heterocycles. The highest BCUT2D eigenvalue weighted by Gasteiger charge is 2.20. The maximum Gasteiger partial charge on any atom is 0.287 e. The van der Waals surface area contributed by atoms with Crippen LogP contribution in [0.5, 0.6) is 0 Å². The second-order valence-electron chi connectivity index (χ2n) is 4.43. The first kappa shape index (κ1) is 13.1. The summed E-state index contributed by atoms with van der Waals surface area (Å²) in [6, 6.07) is 3.40. The van der Waals surface area contributed by atoms with Crippen LogP contribution in [0.15, 0.2) is 21.2 Å². The van der Waals surface area contributed by atoms with Crippen LogP contribution in [-0.4, -0.2) is 17.3 Å². The fraction of sp³-hybridized carbons (Fsp3) is 0.583. The van der Waals surface area contributed by atoms with Gasteiger partial charge in [-0.1, -0.05) is 15.9 Å². The number of hydrogen-bond donors (Lipinski definition) is 1. The molecule has 1 aromatic heterocycles. The summed E-state index contributed by atoms with van der Waals surface area (Å²) in [7, 11) is 0. The molecule has 17 heavy (non-hydrogen) atoms. The van der Waals surface area contributed by atoms with E-state index in [2.05, 4.69) is 37.2 Å². The number of halogens is 2. The van der Waals surface area contributed by atoms with Gasteiger partial charge in [-0.3, -0.25) is 4.79 Å². The molecule has 0 unspecified atom stereocenters. The third kappa shape index (κ3) is 3.85. The Bertz CT molecular complexity index is 384. The van der Waals surface area contributed by atoms with Crippen LogP contribution in [-0.2, 0) is 0 Å². The molecule has 5 heteroatoms. The lowest BCUT2D eigenvalue weighted by atomic mass is 9.89. The van der Waals surface area contributed by atoms with Gasteiger partial charge in [0.05, 0.1) is 0 Å². The van der Waals surface area contributed by atoms with Crippen LogP contribution in [0.4, 0.5) is 0 Å². The molecule has 0 bridgehead atoms. The third-order valence-corrected chi connectivity index (χ3v) is 4.47. The topological polar surface area (TPSA) is 42.2 Å². The minimum Gasteiger partial charge on any atom is -0.444 e. The van der Waals surface area contributed by atoms with E-state index < -0.39 is 0 Å². The Hall–Kier alpha value is -0.290. The molecule has 1 aliphatic carbocycles. The zero-order chi connectivity index (χ0) is 12.3. The van der Waals surface area contributed by atoms with Gasteiger partial charge in [0.15, 0.2) is 10.4 Å². The van der Waals surface area contributed by atoms with E-state index in [1.807, 2.05) is 0 Å². The zero-order valence-corrected chi connectivity index (χ0v) is 12.6. The second-order valence-corrected chi connectivity index (χ2v) is 6.51. The number of nitrogens with one attached hydrogen (secondary N) is 1. The fourth-order valence-electron chi connectivity index (χ4n) is 2.09. The number of alkyl halides is 1. The first-order valence-electron chi connectivity index (χ1n) is 5.83. The molecule has 1 amide bonds. The van der Waals surface area contributed by atoms with Crippen molar-refractivity contribution in [2.45, 2.75) is 30.5 Å². The Morgan fingerprint density at radius 1 is 1.35 bits per heavy atom. The first-order chi connectivity index (χ1) is 8.15. The van der Waals surface area contributed by atoms with Crippen LogP contribution in [0, 0.1) is 5.92 Å². The lowest BCUT2D eigenvalue weighted by Gasteiger charge is -2.25. The van der Waals surface area contributed by atoms with E-state index in [1.54, 1.807) is 12.1 Å². The molecular weight excluding hydrogens is 350 g/mol. The Kier molecular flexibility index (Phi) is 4.68. The SMILES string of the molecule is O=C(NCC1CCC(Br)CC1)c1ccc(Br)o1. The molecule has 0 saturated heterocycles. The van der Waals surface area contributed by atoms with Crippen molar-refractivity contribution >= 4 is 37.8 Å². The van der Waals surface area contributed by atoms with Gasteiger partial charge in [0.2, 0.25) is 0 Å². The summed E-state index contributed by atoms with van der Waals surface area (Å²) in [5.41, 5.74) is 0. The highest BCUT2D eigenvalue weighted by molar-refractivity contribution is 9.10. The Labute approximate surface area is 118 Å². The third-order valence-electron chi connectivity index (χ3n) is 3.12. The molecule has 1 N–H and O–H groups in total. The number of carbonyl (C=O) groups is 1. The summed E-state index contributed by atoms with van der Waals surface area (Å²) < 4.78 is 5.78. The van der Waals surface area contributed by atoms with Gasteiger partial charge in [-0.15, -0.1) is 0 Å². The van der Waals surface area contributed by atoms with Crippen LogP contribution in [0.25, 0.3) is 0 Å². The Morgan fingerprint density at radius 2 is 2.06 bits per heavy atom. The molecule has 1 aromatic rings. The van der Waals surface area contributed by atoms with E-state index in [4.69, 9.17) is 4.42 Å². The molecular formula is C12H15Br2NO2. The summed E-state index contributed by atoms with van der Waals surface area (Å²) in [5, 5.41) is 2.93. The van der Waals surface area contributed by atoms with Gasteiger partial charge in [0, 0.05) is 11.4 Å². The van der Waals surface area contributed by atoms with Crippen molar-refractivity contribution in [3.63, 3.8) is 0 Å². The molecule has 1 saturated carbocycles. The number of carbonyl (C=O) groups excluding carboxylic acids is 1. The van der Waals surface area contributed by atoms with Crippen molar-refractivity contribution in [2.75, 3.05) is 6.54 Å². The quantitative estimate of drug-likeness (QED) is 0.830. The summed E-state index contributed by atoms with van der Waals surface area (Å²) in [5.74, 6) is 0.842. The molecule has 3 nitrogen and oxygen atoms in total. The maximum absolute atomic E-state index is 11.7. The van der Waals surface area contributed by atoms with Gasteiger partial charge in [-0.05, 0) is 59.7 Å². The number of hydrogen-bond acceptors (Lipinski definition) is 2. The monoisotopic (exact) mass is 363 g/mol. The van der Waals surface area contributed by atoms with Crippen LogP contribution in [0.3, 0.4) is 0 Å². The van der Waals surface area contributed by atoms with Gasteiger partial charge in [-0.25, -0.2) is 0 Å². The molecule has 2 rings (SSSR count). The molecule has 1 aliphatic rings. The predicted octanol–water partition coefficient (Wildman–Crippen LogP) is 3.73. The average Bonchev–Trinajstić information content (AvgIpc) is 2.75. The standard InChI is InChI=1S/C12H15Br2NO2/c13-9-3-1-8(2-4-9)7-15-12(16)10-5-6-11(14)17-10/h5-6,8-9H,1-4,7H2,(H,15,16). The molecule has 0 spiro atoms. The summed E-state index contributed by atoms with van der Waals surface area (Å²) in [4.78, 5) is 12.4. The van der Waals surface area contributed by atoms with Crippen molar-refractivity contribution in [3.05, 3.63) is 22.6 Å².